The quantitative estimate of drug-likeness (QED) is 0.659. The maximum atomic E-state index is 11.9. The molecular weight excluding hydrogens is 306 g/mol. The van der Waals surface area contributed by atoms with Crippen molar-refractivity contribution in [3.8, 4) is 6.07 Å². The van der Waals surface area contributed by atoms with Gasteiger partial charge in [0.25, 0.3) is 0 Å². The van der Waals surface area contributed by atoms with Crippen LogP contribution in [0, 0.1) is 11.3 Å². The van der Waals surface area contributed by atoms with Gasteiger partial charge in [0.1, 0.15) is 0 Å². The Hall–Kier alpha value is -2.77. The van der Waals surface area contributed by atoms with E-state index in [0.717, 1.165) is 20.6 Å². The fourth-order valence-electron chi connectivity index (χ4n) is 2.44. The summed E-state index contributed by atoms with van der Waals surface area (Å²) in [4.78, 5) is 13.7. The monoisotopic (exact) mass is 319 g/mol. The molecule has 3 rings (SSSR count). The maximum absolute atomic E-state index is 11.9. The van der Waals surface area contributed by atoms with Crippen LogP contribution in [-0.2, 0) is 4.74 Å². The molecule has 0 fully saturated rings. The Morgan fingerprint density at radius 1 is 1.00 bits per heavy atom. The average Bonchev–Trinajstić information content (AvgIpc) is 2.61. The fraction of sp³-hybridized carbons (Fsp3) is 0.0526. The van der Waals surface area contributed by atoms with Crippen molar-refractivity contribution < 1.29 is 9.53 Å². The summed E-state index contributed by atoms with van der Waals surface area (Å²) in [6.07, 6.45) is 0. The van der Waals surface area contributed by atoms with Crippen LogP contribution in [-0.4, -0.2) is 13.1 Å². The van der Waals surface area contributed by atoms with Crippen LogP contribution in [0.25, 0.3) is 10.8 Å². The Morgan fingerprint density at radius 3 is 2.43 bits per heavy atom. The average molecular weight is 319 g/mol. The number of nitriles is 1. The van der Waals surface area contributed by atoms with E-state index >= 15 is 0 Å². The molecule has 0 aromatic heterocycles. The molecule has 3 nitrogen and oxygen atoms in total. The summed E-state index contributed by atoms with van der Waals surface area (Å²) < 4.78 is 4.84. The van der Waals surface area contributed by atoms with Gasteiger partial charge in [-0.15, -0.1) is 0 Å². The summed E-state index contributed by atoms with van der Waals surface area (Å²) in [6.45, 7) is 0. The van der Waals surface area contributed by atoms with E-state index in [4.69, 9.17) is 4.74 Å². The molecule has 3 aromatic rings. The third-order valence-electron chi connectivity index (χ3n) is 3.50. The molecule has 0 amide bonds. The number of hydrogen-bond donors (Lipinski definition) is 0. The molecule has 0 aliphatic rings. The lowest BCUT2D eigenvalue weighted by Crippen LogP contribution is -2.02. The van der Waals surface area contributed by atoms with E-state index in [9.17, 15) is 10.1 Å². The normalized spacial score (nSPS) is 10.3. The topological polar surface area (TPSA) is 50.1 Å². The van der Waals surface area contributed by atoms with Crippen LogP contribution in [0.15, 0.2) is 70.5 Å². The highest BCUT2D eigenvalue weighted by atomic mass is 32.2. The number of methoxy groups -OCH3 is 1. The highest BCUT2D eigenvalue weighted by Crippen LogP contribution is 2.36. The largest absolute Gasteiger partial charge is 0.465 e. The highest BCUT2D eigenvalue weighted by molar-refractivity contribution is 7.99. The lowest BCUT2D eigenvalue weighted by atomic mass is 10.1. The lowest BCUT2D eigenvalue weighted by Gasteiger charge is -2.10. The van der Waals surface area contributed by atoms with Crippen LogP contribution in [0.2, 0.25) is 0 Å². The molecule has 0 N–H and O–H groups in total. The van der Waals surface area contributed by atoms with Crippen molar-refractivity contribution in [3.05, 3.63) is 71.8 Å². The second-order valence-corrected chi connectivity index (χ2v) is 5.95. The Labute approximate surface area is 138 Å². The van der Waals surface area contributed by atoms with Crippen LogP contribution >= 0.6 is 11.8 Å². The Kier molecular flexibility index (Phi) is 4.31. The van der Waals surface area contributed by atoms with E-state index in [1.807, 2.05) is 42.5 Å². The molecule has 0 atom stereocenters. The van der Waals surface area contributed by atoms with Gasteiger partial charge in [-0.05, 0) is 29.7 Å². The SMILES string of the molecule is COC(=O)c1ccccc1Sc1cccc2cccc(C#N)c12. The van der Waals surface area contributed by atoms with Gasteiger partial charge in [-0.25, -0.2) is 4.79 Å². The van der Waals surface area contributed by atoms with Gasteiger partial charge >= 0.3 is 5.97 Å². The third kappa shape index (κ3) is 2.92. The molecule has 0 unspecified atom stereocenters. The molecule has 0 aliphatic carbocycles. The van der Waals surface area contributed by atoms with Gasteiger partial charge in [0.05, 0.1) is 24.3 Å². The number of nitrogens with zero attached hydrogens (tertiary/aromatic N) is 1. The van der Waals surface area contributed by atoms with Gasteiger partial charge in [0.15, 0.2) is 0 Å². The molecule has 0 spiro atoms. The second-order valence-electron chi connectivity index (χ2n) is 4.86. The van der Waals surface area contributed by atoms with E-state index in [-0.39, 0.29) is 5.97 Å². The van der Waals surface area contributed by atoms with Crippen molar-refractivity contribution in [1.82, 2.24) is 0 Å². The number of benzene rings is 3. The Bertz CT molecular complexity index is 923. The van der Waals surface area contributed by atoms with Crippen LogP contribution in [0.5, 0.6) is 0 Å². The van der Waals surface area contributed by atoms with Gasteiger partial charge in [-0.2, -0.15) is 5.26 Å². The smallest absolute Gasteiger partial charge is 0.339 e. The maximum Gasteiger partial charge on any atom is 0.339 e. The third-order valence-corrected chi connectivity index (χ3v) is 4.64. The van der Waals surface area contributed by atoms with Crippen LogP contribution in [0.1, 0.15) is 15.9 Å². The zero-order valence-electron chi connectivity index (χ0n) is 12.4. The summed E-state index contributed by atoms with van der Waals surface area (Å²) in [5, 5.41) is 11.3. The van der Waals surface area contributed by atoms with Gasteiger partial charge in [-0.1, -0.05) is 48.2 Å². The number of fused-ring (bicyclic) bond motifs is 1. The summed E-state index contributed by atoms with van der Waals surface area (Å²) >= 11 is 1.46. The number of ether oxygens (including phenoxy) is 1. The van der Waals surface area contributed by atoms with E-state index in [1.165, 1.54) is 18.9 Å². The van der Waals surface area contributed by atoms with Gasteiger partial charge in [-0.3, -0.25) is 0 Å². The van der Waals surface area contributed by atoms with Crippen LogP contribution < -0.4 is 0 Å². The predicted molar refractivity (Wildman–Crippen MR) is 90.6 cm³/mol. The second kappa shape index (κ2) is 6.55. The first-order valence-electron chi connectivity index (χ1n) is 7.01. The molecule has 0 saturated heterocycles. The summed E-state index contributed by atoms with van der Waals surface area (Å²) in [5.74, 6) is -0.367. The molecule has 0 radical (unpaired) electrons. The Balaban J connectivity index is 2.14. The first-order chi connectivity index (χ1) is 11.2. The summed E-state index contributed by atoms with van der Waals surface area (Å²) in [7, 11) is 1.37. The van der Waals surface area contributed by atoms with Crippen molar-refractivity contribution >= 4 is 28.5 Å². The minimum Gasteiger partial charge on any atom is -0.465 e. The predicted octanol–water partition coefficient (Wildman–Crippen LogP) is 4.65. The number of esters is 1. The van der Waals surface area contributed by atoms with E-state index in [2.05, 4.69) is 6.07 Å². The zero-order valence-corrected chi connectivity index (χ0v) is 13.3. The number of carbonyl (C=O) groups excluding carboxylic acids is 1. The number of rotatable bonds is 3. The van der Waals surface area contributed by atoms with E-state index in [0.29, 0.717) is 11.1 Å². The van der Waals surface area contributed by atoms with Crippen LogP contribution in [0.4, 0.5) is 0 Å². The minimum absolute atomic E-state index is 0.367. The minimum atomic E-state index is -0.367. The summed E-state index contributed by atoms with van der Waals surface area (Å²) in [6, 6.07) is 21.1. The molecule has 112 valence electrons. The first kappa shape index (κ1) is 15.1. The number of carbonyl (C=O) groups is 1. The molecule has 0 heterocycles. The molecule has 23 heavy (non-hydrogen) atoms. The van der Waals surface area contributed by atoms with E-state index in [1.54, 1.807) is 18.2 Å². The lowest BCUT2D eigenvalue weighted by molar-refractivity contribution is 0.0597. The van der Waals surface area contributed by atoms with Crippen molar-refractivity contribution in [2.24, 2.45) is 0 Å². The van der Waals surface area contributed by atoms with Crippen molar-refractivity contribution in [1.29, 1.82) is 5.26 Å². The van der Waals surface area contributed by atoms with Crippen LogP contribution in [0.3, 0.4) is 0 Å². The molecule has 3 aromatic carbocycles. The fourth-order valence-corrected chi connectivity index (χ4v) is 3.56. The van der Waals surface area contributed by atoms with Crippen molar-refractivity contribution in [2.45, 2.75) is 9.79 Å². The molecular formula is C19H13NO2S. The first-order valence-corrected chi connectivity index (χ1v) is 7.83. The standard InChI is InChI=1S/C19H13NO2S/c1-22-19(21)15-9-2-3-10-16(15)23-17-11-5-7-13-6-4-8-14(12-20)18(13)17/h2-11H,1H3. The molecule has 0 bridgehead atoms. The zero-order chi connectivity index (χ0) is 16.2. The highest BCUT2D eigenvalue weighted by Gasteiger charge is 2.14. The molecule has 0 aliphatic heterocycles. The van der Waals surface area contributed by atoms with Crippen molar-refractivity contribution in [2.75, 3.05) is 7.11 Å². The van der Waals surface area contributed by atoms with E-state index < -0.39 is 0 Å². The van der Waals surface area contributed by atoms with Gasteiger partial charge in [0, 0.05) is 15.2 Å². The summed E-state index contributed by atoms with van der Waals surface area (Å²) in [5.41, 5.74) is 1.15. The van der Waals surface area contributed by atoms with Crippen molar-refractivity contribution in [3.63, 3.8) is 0 Å². The van der Waals surface area contributed by atoms with Gasteiger partial charge in [0.2, 0.25) is 0 Å². The van der Waals surface area contributed by atoms with Gasteiger partial charge < -0.3 is 4.74 Å². The number of hydrogen-bond acceptors (Lipinski definition) is 4. The molecule has 0 saturated carbocycles. The molecule has 4 heteroatoms. The Morgan fingerprint density at radius 2 is 1.70 bits per heavy atom.